The molecule has 1 heterocycles. The first-order chi connectivity index (χ1) is 22.2. The molecule has 3 heteroatoms. The van der Waals surface area contributed by atoms with E-state index in [2.05, 4.69) is 115 Å². The summed E-state index contributed by atoms with van der Waals surface area (Å²) in [5.74, 6) is 0. The van der Waals surface area contributed by atoms with Crippen molar-refractivity contribution in [2.45, 2.75) is 9.79 Å². The molecule has 0 saturated carbocycles. The van der Waals surface area contributed by atoms with Crippen molar-refractivity contribution in [3.63, 3.8) is 0 Å². The molecule has 0 radical (unpaired) electrons. The number of rotatable bonds is 3. The molecule has 0 aromatic heterocycles. The molecule has 1 aliphatic rings. The number of fused-ring (bicyclic) bond motifs is 8. The summed E-state index contributed by atoms with van der Waals surface area (Å²) >= 11 is 1.72. The molecule has 0 aliphatic carbocycles. The Morgan fingerprint density at radius 1 is 0.356 bits per heavy atom. The van der Waals surface area contributed by atoms with Crippen molar-refractivity contribution in [1.82, 2.24) is 0 Å². The maximum atomic E-state index is 15.0. The molecule has 0 N–H and O–H groups in total. The van der Waals surface area contributed by atoms with E-state index in [1.54, 1.807) is 11.8 Å². The summed E-state index contributed by atoms with van der Waals surface area (Å²) in [6.07, 6.45) is 0. The minimum Gasteiger partial charge on any atom is -0.309 e. The highest BCUT2D eigenvalue weighted by molar-refractivity contribution is 8.02. The van der Waals surface area contributed by atoms with Gasteiger partial charge in [-0.2, -0.15) is 0 Å². The number of hydrogen-bond acceptors (Lipinski definition) is 2. The Morgan fingerprint density at radius 3 is 1.58 bits per heavy atom. The van der Waals surface area contributed by atoms with Crippen molar-refractivity contribution in [2.75, 3.05) is 0 Å². The zero-order valence-corrected chi connectivity index (χ0v) is 26.1. The van der Waals surface area contributed by atoms with Gasteiger partial charge in [0.05, 0.1) is 0 Å². The number of hydrogen-bond donors (Lipinski definition) is 0. The highest BCUT2D eigenvalue weighted by Crippen LogP contribution is 2.52. The van der Waals surface area contributed by atoms with Crippen molar-refractivity contribution in [3.05, 3.63) is 164 Å². The first-order valence-electron chi connectivity index (χ1n) is 15.2. The Morgan fingerprint density at radius 2 is 0.867 bits per heavy atom. The van der Waals surface area contributed by atoms with Gasteiger partial charge in [-0.1, -0.05) is 139 Å². The monoisotopic (exact) mass is 610 g/mol. The minimum atomic E-state index is -3.00. The van der Waals surface area contributed by atoms with Gasteiger partial charge in [-0.3, -0.25) is 0 Å². The van der Waals surface area contributed by atoms with Crippen LogP contribution in [0.15, 0.2) is 174 Å². The van der Waals surface area contributed by atoms with Crippen molar-refractivity contribution in [3.8, 4) is 22.3 Å². The molecule has 0 saturated heterocycles. The van der Waals surface area contributed by atoms with Gasteiger partial charge in [0.1, 0.15) is 0 Å². The summed E-state index contributed by atoms with van der Waals surface area (Å²) in [7, 11) is -3.00. The van der Waals surface area contributed by atoms with E-state index in [-0.39, 0.29) is 0 Å². The summed E-state index contributed by atoms with van der Waals surface area (Å²) < 4.78 is 15.0. The predicted octanol–water partition coefficient (Wildman–Crippen LogP) is 10.6. The van der Waals surface area contributed by atoms with Crippen molar-refractivity contribution in [2.24, 2.45) is 0 Å². The molecule has 0 spiro atoms. The summed E-state index contributed by atoms with van der Waals surface area (Å²) in [5.41, 5.74) is 4.64. The number of benzene rings is 8. The van der Waals surface area contributed by atoms with E-state index < -0.39 is 7.14 Å². The average molecular weight is 611 g/mol. The van der Waals surface area contributed by atoms with Gasteiger partial charge in [0.2, 0.25) is 0 Å². The summed E-state index contributed by atoms with van der Waals surface area (Å²) in [6, 6.07) is 57.7. The van der Waals surface area contributed by atoms with E-state index in [0.717, 1.165) is 36.8 Å². The summed E-state index contributed by atoms with van der Waals surface area (Å²) in [5, 5.41) is 10.4. The third-order valence-corrected chi connectivity index (χ3v) is 13.7. The highest BCUT2D eigenvalue weighted by atomic mass is 32.2. The summed E-state index contributed by atoms with van der Waals surface area (Å²) in [4.78, 5) is 2.13. The van der Waals surface area contributed by atoms with Gasteiger partial charge in [-0.05, 0) is 91.0 Å². The van der Waals surface area contributed by atoms with Gasteiger partial charge in [-0.15, -0.1) is 0 Å². The lowest BCUT2D eigenvalue weighted by Crippen LogP contribution is -2.30. The van der Waals surface area contributed by atoms with Crippen LogP contribution in [0.25, 0.3) is 54.6 Å². The molecular formula is C42H27OPS. The van der Waals surface area contributed by atoms with E-state index in [1.165, 1.54) is 43.4 Å². The van der Waals surface area contributed by atoms with Crippen LogP contribution in [0.1, 0.15) is 0 Å². The Balaban J connectivity index is 1.17. The zero-order chi connectivity index (χ0) is 30.0. The van der Waals surface area contributed by atoms with Crippen LogP contribution in [0.2, 0.25) is 0 Å². The maximum absolute atomic E-state index is 15.0. The van der Waals surface area contributed by atoms with Crippen LogP contribution in [0.5, 0.6) is 0 Å². The Bertz CT molecular complexity index is 2460. The van der Waals surface area contributed by atoms with Crippen LogP contribution in [-0.2, 0) is 4.57 Å². The average Bonchev–Trinajstić information content (AvgIpc) is 3.12. The van der Waals surface area contributed by atoms with Gasteiger partial charge in [0.25, 0.3) is 0 Å². The zero-order valence-electron chi connectivity index (χ0n) is 24.4. The lowest BCUT2D eigenvalue weighted by atomic mass is 9.91. The molecule has 9 rings (SSSR count). The lowest BCUT2D eigenvalue weighted by molar-refractivity contribution is 0.591. The van der Waals surface area contributed by atoms with E-state index in [0.29, 0.717) is 0 Å². The Labute approximate surface area is 266 Å². The fraction of sp³-hybridized carbons (Fsp3) is 0. The molecule has 8 aromatic rings. The molecule has 1 nitrogen and oxygen atoms in total. The SMILES string of the molecule is O=P1(c2ccccc2)c2ccccc2Sc2cc(-c3cccc(-c4ccc5c6ccccc6c6ccccc6c5c4)c3)ccc21. The van der Waals surface area contributed by atoms with E-state index in [1.807, 2.05) is 48.5 Å². The molecule has 1 unspecified atom stereocenters. The lowest BCUT2D eigenvalue weighted by Gasteiger charge is -2.29. The maximum Gasteiger partial charge on any atom is 0.173 e. The third-order valence-electron chi connectivity index (χ3n) is 9.12. The van der Waals surface area contributed by atoms with Crippen LogP contribution in [0.4, 0.5) is 0 Å². The smallest absolute Gasteiger partial charge is 0.173 e. The fourth-order valence-corrected chi connectivity index (χ4v) is 11.7. The highest BCUT2D eigenvalue weighted by Gasteiger charge is 2.37. The quantitative estimate of drug-likeness (QED) is 0.146. The van der Waals surface area contributed by atoms with Crippen LogP contribution < -0.4 is 15.9 Å². The van der Waals surface area contributed by atoms with Gasteiger partial charge < -0.3 is 4.57 Å². The second-order valence-electron chi connectivity index (χ2n) is 11.6. The normalized spacial score (nSPS) is 15.6. The van der Waals surface area contributed by atoms with E-state index >= 15 is 4.57 Å². The molecule has 45 heavy (non-hydrogen) atoms. The second-order valence-corrected chi connectivity index (χ2v) is 15.4. The molecule has 0 amide bonds. The third kappa shape index (κ3) is 4.14. The standard InChI is InChI=1S/C42H27OPS/c43-44(32-13-2-1-3-14-32)39-19-8-9-20-41(39)45-42-27-31(22-24-40(42)44)29-12-10-11-28(25-29)30-21-23-37-35-17-5-4-15-33(35)34-16-6-7-18-36(34)38(37)26-30/h1-27H. The van der Waals surface area contributed by atoms with Gasteiger partial charge in [0.15, 0.2) is 7.14 Å². The molecule has 1 aliphatic heterocycles. The van der Waals surface area contributed by atoms with Crippen LogP contribution in [0.3, 0.4) is 0 Å². The molecule has 0 fully saturated rings. The molecule has 1 atom stereocenters. The predicted molar refractivity (Wildman–Crippen MR) is 193 cm³/mol. The summed E-state index contributed by atoms with van der Waals surface area (Å²) in [6.45, 7) is 0. The molecule has 8 aromatic carbocycles. The van der Waals surface area contributed by atoms with E-state index in [9.17, 15) is 0 Å². The molecule has 212 valence electrons. The van der Waals surface area contributed by atoms with Crippen LogP contribution in [0, 0.1) is 0 Å². The van der Waals surface area contributed by atoms with Crippen molar-refractivity contribution >= 4 is 67.1 Å². The van der Waals surface area contributed by atoms with Crippen LogP contribution in [-0.4, -0.2) is 0 Å². The second kappa shape index (κ2) is 10.3. The van der Waals surface area contributed by atoms with Crippen LogP contribution >= 0.6 is 18.9 Å². The molecular weight excluding hydrogens is 584 g/mol. The Kier molecular flexibility index (Phi) is 6.10. The van der Waals surface area contributed by atoms with Crippen molar-refractivity contribution < 1.29 is 4.57 Å². The van der Waals surface area contributed by atoms with E-state index in [4.69, 9.17) is 0 Å². The van der Waals surface area contributed by atoms with Gasteiger partial charge in [-0.25, -0.2) is 0 Å². The molecule has 0 bridgehead atoms. The van der Waals surface area contributed by atoms with Gasteiger partial charge in [0, 0.05) is 25.7 Å². The first-order valence-corrected chi connectivity index (χ1v) is 17.7. The first kappa shape index (κ1) is 26.5. The topological polar surface area (TPSA) is 17.1 Å². The van der Waals surface area contributed by atoms with Gasteiger partial charge >= 0.3 is 0 Å². The Hall–Kier alpha value is -4.88. The largest absolute Gasteiger partial charge is 0.309 e. The minimum absolute atomic E-state index is 0.880. The van der Waals surface area contributed by atoms with Crippen molar-refractivity contribution in [1.29, 1.82) is 0 Å². The fourth-order valence-electron chi connectivity index (χ4n) is 6.97.